The quantitative estimate of drug-likeness (QED) is 0.717. The number of rotatable bonds is 2. The predicted octanol–water partition coefficient (Wildman–Crippen LogP) is 1.73. The Morgan fingerprint density at radius 3 is 2.59 bits per heavy atom. The summed E-state index contributed by atoms with van der Waals surface area (Å²) in [6.45, 7) is 0. The van der Waals surface area contributed by atoms with E-state index in [1.165, 1.54) is 6.33 Å². The van der Waals surface area contributed by atoms with E-state index in [4.69, 9.17) is 0 Å². The molecule has 0 saturated carbocycles. The van der Waals surface area contributed by atoms with E-state index in [1.54, 1.807) is 0 Å². The first kappa shape index (κ1) is 9.65. The van der Waals surface area contributed by atoms with Crippen LogP contribution in [0.5, 0.6) is 0 Å². The molecule has 17 heavy (non-hydrogen) atoms. The van der Waals surface area contributed by atoms with Crippen LogP contribution in [0.2, 0.25) is 0 Å². The van der Waals surface area contributed by atoms with Gasteiger partial charge in [-0.2, -0.15) is 0 Å². The molecule has 0 saturated heterocycles. The molecule has 0 bridgehead atoms. The molecule has 2 heterocycles. The van der Waals surface area contributed by atoms with E-state index in [1.807, 2.05) is 36.4 Å². The largest absolute Gasteiger partial charge is 0.257 e. The molecule has 0 aliphatic rings. The van der Waals surface area contributed by atoms with Crippen LogP contribution < -0.4 is 0 Å². The van der Waals surface area contributed by atoms with Gasteiger partial charge in [0.05, 0.1) is 5.69 Å². The van der Waals surface area contributed by atoms with E-state index in [2.05, 4.69) is 31.5 Å². The third-order valence-corrected chi connectivity index (χ3v) is 2.35. The normalized spacial score (nSPS) is 10.4. The second-order valence-electron chi connectivity index (χ2n) is 3.44. The molecule has 0 aliphatic heterocycles. The van der Waals surface area contributed by atoms with E-state index in [-0.39, 0.29) is 0 Å². The topological polar surface area (TPSA) is 67.3 Å². The molecule has 1 N–H and O–H groups in total. The third-order valence-electron chi connectivity index (χ3n) is 2.35. The summed E-state index contributed by atoms with van der Waals surface area (Å²) in [4.78, 5) is 12.3. The monoisotopic (exact) mass is 222 g/mol. The minimum absolute atomic E-state index is 0.588. The molecule has 5 nitrogen and oxygen atoms in total. The van der Waals surface area contributed by atoms with Gasteiger partial charge in [0.25, 0.3) is 0 Å². The Bertz CT molecular complexity index is 604. The first-order valence-corrected chi connectivity index (χ1v) is 5.10. The third kappa shape index (κ3) is 1.90. The minimum Gasteiger partial charge on any atom is -0.257 e. The van der Waals surface area contributed by atoms with Crippen molar-refractivity contribution in [2.75, 3.05) is 0 Å². The standard InChI is InChI=1S/C12H8N5/c1-2-4-9(5-3-1)10-6-11(14-7-13-10)12-15-8-16-17-12/h1-7H,(H,15,16,17). The summed E-state index contributed by atoms with van der Waals surface area (Å²) in [6.07, 6.45) is 3.99. The summed E-state index contributed by atoms with van der Waals surface area (Å²) in [7, 11) is 0. The molecular weight excluding hydrogens is 214 g/mol. The van der Waals surface area contributed by atoms with Crippen LogP contribution in [0, 0.1) is 6.33 Å². The van der Waals surface area contributed by atoms with Crippen LogP contribution in [0.25, 0.3) is 22.8 Å². The lowest BCUT2D eigenvalue weighted by Crippen LogP contribution is -1.90. The summed E-state index contributed by atoms with van der Waals surface area (Å²) in [5.74, 6) is 0.588. The average molecular weight is 222 g/mol. The number of H-pyrrole nitrogens is 1. The summed E-state index contributed by atoms with van der Waals surface area (Å²) < 4.78 is 0. The first-order chi connectivity index (χ1) is 8.43. The molecular formula is C12H8N5. The van der Waals surface area contributed by atoms with Gasteiger partial charge in [-0.25, -0.2) is 15.0 Å². The molecule has 0 atom stereocenters. The van der Waals surface area contributed by atoms with Gasteiger partial charge in [-0.3, -0.25) is 5.10 Å². The van der Waals surface area contributed by atoms with Crippen molar-refractivity contribution in [1.29, 1.82) is 0 Å². The van der Waals surface area contributed by atoms with Gasteiger partial charge in [0, 0.05) is 5.56 Å². The van der Waals surface area contributed by atoms with Gasteiger partial charge in [-0.15, -0.1) is 5.10 Å². The van der Waals surface area contributed by atoms with Gasteiger partial charge in [-0.05, 0) is 6.07 Å². The van der Waals surface area contributed by atoms with Gasteiger partial charge in [0.15, 0.2) is 5.82 Å². The van der Waals surface area contributed by atoms with Crippen LogP contribution in [-0.4, -0.2) is 25.1 Å². The van der Waals surface area contributed by atoms with Gasteiger partial charge < -0.3 is 0 Å². The van der Waals surface area contributed by atoms with Crippen LogP contribution >= 0.6 is 0 Å². The van der Waals surface area contributed by atoms with Crippen molar-refractivity contribution in [3.05, 3.63) is 49.1 Å². The fourth-order valence-corrected chi connectivity index (χ4v) is 1.55. The Kier molecular flexibility index (Phi) is 2.34. The number of benzene rings is 1. The van der Waals surface area contributed by atoms with Crippen molar-refractivity contribution < 1.29 is 0 Å². The fourth-order valence-electron chi connectivity index (χ4n) is 1.55. The Morgan fingerprint density at radius 2 is 1.82 bits per heavy atom. The lowest BCUT2D eigenvalue weighted by Gasteiger charge is -2.01. The molecule has 2 aromatic heterocycles. The summed E-state index contributed by atoms with van der Waals surface area (Å²) in [6, 6.07) is 11.8. The van der Waals surface area contributed by atoms with Crippen LogP contribution in [0.15, 0.2) is 42.7 Å². The number of hydrogen-bond donors (Lipinski definition) is 1. The van der Waals surface area contributed by atoms with E-state index in [9.17, 15) is 0 Å². The van der Waals surface area contributed by atoms with Gasteiger partial charge >= 0.3 is 0 Å². The maximum absolute atomic E-state index is 4.24. The van der Waals surface area contributed by atoms with E-state index in [0.717, 1.165) is 11.3 Å². The predicted molar refractivity (Wildman–Crippen MR) is 61.7 cm³/mol. The number of nitrogens with one attached hydrogen (secondary N) is 1. The average Bonchev–Trinajstić information content (AvgIpc) is 2.94. The molecule has 0 amide bonds. The Balaban J connectivity index is 2.06. The Labute approximate surface area is 97.6 Å². The summed E-state index contributed by atoms with van der Waals surface area (Å²) >= 11 is 0. The molecule has 1 radical (unpaired) electrons. The van der Waals surface area contributed by atoms with E-state index >= 15 is 0 Å². The highest BCUT2D eigenvalue weighted by Crippen LogP contribution is 2.19. The molecule has 0 unspecified atom stereocenters. The highest BCUT2D eigenvalue weighted by molar-refractivity contribution is 5.63. The van der Waals surface area contributed by atoms with Gasteiger partial charge in [-0.1, -0.05) is 30.3 Å². The Morgan fingerprint density at radius 1 is 1.00 bits per heavy atom. The van der Waals surface area contributed by atoms with Gasteiger partial charge in [0.1, 0.15) is 12.0 Å². The maximum atomic E-state index is 4.24. The van der Waals surface area contributed by atoms with Crippen molar-refractivity contribution in [2.24, 2.45) is 0 Å². The molecule has 3 aromatic rings. The lowest BCUT2D eigenvalue weighted by molar-refractivity contribution is 1.07. The molecule has 0 spiro atoms. The maximum Gasteiger partial charge on any atom is 0.221 e. The molecule has 3 rings (SSSR count). The Hall–Kier alpha value is -2.56. The van der Waals surface area contributed by atoms with Crippen LogP contribution in [0.1, 0.15) is 0 Å². The zero-order chi connectivity index (χ0) is 11.5. The lowest BCUT2D eigenvalue weighted by atomic mass is 10.1. The van der Waals surface area contributed by atoms with Crippen LogP contribution in [0.3, 0.4) is 0 Å². The highest BCUT2D eigenvalue weighted by Gasteiger charge is 2.05. The summed E-state index contributed by atoms with van der Waals surface area (Å²) in [5.41, 5.74) is 2.60. The van der Waals surface area contributed by atoms with Crippen molar-refractivity contribution in [1.82, 2.24) is 25.1 Å². The van der Waals surface area contributed by atoms with Gasteiger partial charge in [0.2, 0.25) is 6.33 Å². The molecule has 0 aliphatic carbocycles. The van der Waals surface area contributed by atoms with Crippen LogP contribution in [-0.2, 0) is 0 Å². The zero-order valence-electron chi connectivity index (χ0n) is 8.83. The second-order valence-corrected chi connectivity index (χ2v) is 3.44. The molecule has 0 fully saturated rings. The molecule has 1 aromatic carbocycles. The molecule has 81 valence electrons. The summed E-state index contributed by atoms with van der Waals surface area (Å²) in [5, 5.41) is 6.40. The second kappa shape index (κ2) is 4.13. The van der Waals surface area contributed by atoms with Crippen molar-refractivity contribution in [3.8, 4) is 22.8 Å². The van der Waals surface area contributed by atoms with E-state index < -0.39 is 0 Å². The number of aromatic nitrogens is 5. The number of hydrogen-bond acceptors (Lipinski definition) is 4. The van der Waals surface area contributed by atoms with Crippen molar-refractivity contribution in [3.63, 3.8) is 0 Å². The SMILES string of the molecule is [c]1n[nH]c(-c2cc(-c3ccccc3)ncn2)n1. The van der Waals surface area contributed by atoms with Crippen molar-refractivity contribution >= 4 is 0 Å². The fraction of sp³-hybridized carbons (Fsp3) is 0. The molecule has 5 heteroatoms. The van der Waals surface area contributed by atoms with E-state index in [0.29, 0.717) is 11.5 Å². The smallest absolute Gasteiger partial charge is 0.221 e. The number of nitrogens with zero attached hydrogens (tertiary/aromatic N) is 4. The minimum atomic E-state index is 0.588. The van der Waals surface area contributed by atoms with Crippen LogP contribution in [0.4, 0.5) is 0 Å². The first-order valence-electron chi connectivity index (χ1n) is 5.10. The number of aromatic amines is 1. The highest BCUT2D eigenvalue weighted by atomic mass is 15.2. The van der Waals surface area contributed by atoms with Crippen molar-refractivity contribution in [2.45, 2.75) is 0 Å². The zero-order valence-corrected chi connectivity index (χ0v) is 8.83.